The molecule has 1 fully saturated rings. The number of ether oxygens (including phenoxy) is 1. The van der Waals surface area contributed by atoms with Crippen LogP contribution in [0.5, 0.6) is 5.75 Å². The van der Waals surface area contributed by atoms with Crippen molar-refractivity contribution < 1.29 is 14.6 Å². The number of aliphatic hydroxyl groups excluding tert-OH is 1. The van der Waals surface area contributed by atoms with Gasteiger partial charge in [0.2, 0.25) is 0 Å². The number of nitrogens with zero attached hydrogens (tertiary/aromatic N) is 1. The molecule has 6 nitrogen and oxygen atoms in total. The third-order valence-electron chi connectivity index (χ3n) is 3.85. The topological polar surface area (TPSA) is 87.8 Å². The maximum atomic E-state index is 11.4. The number of carbonyl (C=O) groups excluding carboxylic acids is 1. The van der Waals surface area contributed by atoms with E-state index in [2.05, 4.69) is 10.3 Å². The van der Waals surface area contributed by atoms with Gasteiger partial charge in [-0.05, 0) is 31.0 Å². The molecule has 6 heteroatoms. The zero-order chi connectivity index (χ0) is 15.1. The van der Waals surface area contributed by atoms with Crippen LogP contribution in [-0.4, -0.2) is 48.3 Å². The van der Waals surface area contributed by atoms with Gasteiger partial charge in [-0.25, -0.2) is 5.84 Å². The van der Waals surface area contributed by atoms with Gasteiger partial charge < -0.3 is 9.84 Å². The van der Waals surface area contributed by atoms with Gasteiger partial charge in [0, 0.05) is 24.7 Å². The van der Waals surface area contributed by atoms with Crippen molar-refractivity contribution in [2.24, 2.45) is 5.84 Å². The molecule has 0 atom stereocenters. The molecular formula is C15H23N3O3. The number of nitrogen functional groups attached to an aromatic ring is 1. The van der Waals surface area contributed by atoms with E-state index in [4.69, 9.17) is 15.7 Å². The highest BCUT2D eigenvalue weighted by Crippen LogP contribution is 2.24. The van der Waals surface area contributed by atoms with Crippen molar-refractivity contribution in [3.8, 4) is 5.75 Å². The first-order chi connectivity index (χ1) is 10.2. The summed E-state index contributed by atoms with van der Waals surface area (Å²) in [4.78, 5) is 13.7. The zero-order valence-electron chi connectivity index (χ0n) is 12.1. The molecule has 1 aliphatic rings. The average Bonchev–Trinajstić information content (AvgIpc) is 2.45. The van der Waals surface area contributed by atoms with Crippen LogP contribution in [0.25, 0.3) is 0 Å². The zero-order valence-corrected chi connectivity index (χ0v) is 12.1. The van der Waals surface area contributed by atoms with Crippen LogP contribution >= 0.6 is 0 Å². The Morgan fingerprint density at radius 3 is 2.86 bits per heavy atom. The Morgan fingerprint density at radius 1 is 1.43 bits per heavy atom. The minimum atomic E-state index is -0.336. The number of rotatable bonds is 8. The normalized spacial score (nSPS) is 14.8. The number of aliphatic hydroxyl groups is 1. The fourth-order valence-corrected chi connectivity index (χ4v) is 2.45. The lowest BCUT2D eigenvalue weighted by molar-refractivity contribution is 0.0859. The molecule has 2 rings (SSSR count). The van der Waals surface area contributed by atoms with Gasteiger partial charge in [-0.15, -0.1) is 0 Å². The second kappa shape index (κ2) is 7.97. The van der Waals surface area contributed by atoms with Crippen LogP contribution in [0.1, 0.15) is 29.6 Å². The SMILES string of the molecule is NNC(=O)c1cccc(OCCN(CCO)C2CCC2)c1. The van der Waals surface area contributed by atoms with Crippen LogP contribution in [0.15, 0.2) is 24.3 Å². The van der Waals surface area contributed by atoms with Crippen LogP contribution in [0.2, 0.25) is 0 Å². The van der Waals surface area contributed by atoms with Crippen molar-refractivity contribution >= 4 is 5.91 Å². The fraction of sp³-hybridized carbons (Fsp3) is 0.533. The summed E-state index contributed by atoms with van der Waals surface area (Å²) >= 11 is 0. The molecule has 0 heterocycles. The molecule has 0 bridgehead atoms. The van der Waals surface area contributed by atoms with Gasteiger partial charge in [-0.1, -0.05) is 12.5 Å². The molecule has 0 radical (unpaired) electrons. The van der Waals surface area contributed by atoms with Gasteiger partial charge >= 0.3 is 0 Å². The second-order valence-electron chi connectivity index (χ2n) is 5.19. The molecule has 21 heavy (non-hydrogen) atoms. The highest BCUT2D eigenvalue weighted by molar-refractivity contribution is 5.94. The molecule has 0 aliphatic heterocycles. The number of hydrogen-bond donors (Lipinski definition) is 3. The van der Waals surface area contributed by atoms with E-state index in [-0.39, 0.29) is 12.5 Å². The highest BCUT2D eigenvalue weighted by atomic mass is 16.5. The van der Waals surface area contributed by atoms with Crippen LogP contribution < -0.4 is 16.0 Å². The molecule has 1 aliphatic carbocycles. The Morgan fingerprint density at radius 2 is 2.24 bits per heavy atom. The van der Waals surface area contributed by atoms with E-state index >= 15 is 0 Å². The lowest BCUT2D eigenvalue weighted by Crippen LogP contribution is -2.43. The number of hydrogen-bond acceptors (Lipinski definition) is 5. The summed E-state index contributed by atoms with van der Waals surface area (Å²) < 4.78 is 5.69. The maximum Gasteiger partial charge on any atom is 0.265 e. The number of nitrogens with two attached hydrogens (primary N) is 1. The van der Waals surface area contributed by atoms with Crippen molar-refractivity contribution in [3.63, 3.8) is 0 Å². The first kappa shape index (κ1) is 15.8. The van der Waals surface area contributed by atoms with E-state index in [0.717, 1.165) is 6.54 Å². The fourth-order valence-electron chi connectivity index (χ4n) is 2.45. The molecule has 1 aromatic carbocycles. The average molecular weight is 293 g/mol. The van der Waals surface area contributed by atoms with Crippen molar-refractivity contribution in [2.75, 3.05) is 26.3 Å². The maximum absolute atomic E-state index is 11.4. The largest absolute Gasteiger partial charge is 0.492 e. The predicted molar refractivity (Wildman–Crippen MR) is 79.9 cm³/mol. The van der Waals surface area contributed by atoms with E-state index in [1.54, 1.807) is 18.2 Å². The van der Waals surface area contributed by atoms with Crippen LogP contribution in [0, 0.1) is 0 Å². The molecule has 1 aromatic rings. The number of amides is 1. The van der Waals surface area contributed by atoms with Crippen molar-refractivity contribution in [1.29, 1.82) is 0 Å². The van der Waals surface area contributed by atoms with Crippen LogP contribution in [-0.2, 0) is 0 Å². The smallest absolute Gasteiger partial charge is 0.265 e. The molecule has 0 unspecified atom stereocenters. The van der Waals surface area contributed by atoms with E-state index < -0.39 is 0 Å². The minimum absolute atomic E-state index is 0.169. The number of hydrazine groups is 1. The van der Waals surface area contributed by atoms with Gasteiger partial charge in [0.1, 0.15) is 12.4 Å². The number of nitrogens with one attached hydrogen (secondary N) is 1. The Bertz CT molecular complexity index is 463. The lowest BCUT2D eigenvalue weighted by Gasteiger charge is -2.37. The van der Waals surface area contributed by atoms with Crippen LogP contribution in [0.4, 0.5) is 0 Å². The first-order valence-electron chi connectivity index (χ1n) is 7.33. The molecule has 0 saturated heterocycles. The standard InChI is InChI=1S/C15H23N3O3/c16-17-15(20)12-3-1-6-14(11-12)21-10-8-18(7-9-19)13-4-2-5-13/h1,3,6,11,13,19H,2,4-5,7-10,16H2,(H,17,20). The van der Waals surface area contributed by atoms with E-state index in [0.29, 0.717) is 30.5 Å². The van der Waals surface area contributed by atoms with E-state index in [9.17, 15) is 4.79 Å². The highest BCUT2D eigenvalue weighted by Gasteiger charge is 2.24. The van der Waals surface area contributed by atoms with Gasteiger partial charge in [-0.3, -0.25) is 15.1 Å². The first-order valence-corrected chi connectivity index (χ1v) is 7.33. The van der Waals surface area contributed by atoms with Gasteiger partial charge in [-0.2, -0.15) is 0 Å². The second-order valence-corrected chi connectivity index (χ2v) is 5.19. The third kappa shape index (κ3) is 4.42. The van der Waals surface area contributed by atoms with Gasteiger partial charge in [0.15, 0.2) is 0 Å². The van der Waals surface area contributed by atoms with Crippen LogP contribution in [0.3, 0.4) is 0 Å². The number of carbonyl (C=O) groups is 1. The summed E-state index contributed by atoms with van der Waals surface area (Å²) in [6, 6.07) is 7.50. The summed E-state index contributed by atoms with van der Waals surface area (Å²) in [6.45, 7) is 2.16. The Hall–Kier alpha value is -1.63. The van der Waals surface area contributed by atoms with E-state index in [1.165, 1.54) is 19.3 Å². The quantitative estimate of drug-likeness (QED) is 0.369. The predicted octanol–water partition coefficient (Wildman–Crippen LogP) is 0.516. The molecule has 1 saturated carbocycles. The Labute approximate surface area is 124 Å². The molecular weight excluding hydrogens is 270 g/mol. The summed E-state index contributed by atoms with van der Waals surface area (Å²) in [7, 11) is 0. The molecule has 0 spiro atoms. The molecule has 0 aromatic heterocycles. The van der Waals surface area contributed by atoms with Gasteiger partial charge in [0.05, 0.1) is 6.61 Å². The monoisotopic (exact) mass is 293 g/mol. The lowest BCUT2D eigenvalue weighted by atomic mass is 9.91. The minimum Gasteiger partial charge on any atom is -0.492 e. The number of benzene rings is 1. The molecule has 4 N–H and O–H groups in total. The van der Waals surface area contributed by atoms with Crippen molar-refractivity contribution in [2.45, 2.75) is 25.3 Å². The molecule has 1 amide bonds. The molecule has 116 valence electrons. The summed E-state index contributed by atoms with van der Waals surface area (Å²) in [5, 5.41) is 9.11. The van der Waals surface area contributed by atoms with E-state index in [1.807, 2.05) is 6.07 Å². The Balaban J connectivity index is 1.83. The van der Waals surface area contributed by atoms with Gasteiger partial charge in [0.25, 0.3) is 5.91 Å². The third-order valence-corrected chi connectivity index (χ3v) is 3.85. The Kier molecular flexibility index (Phi) is 5.98. The van der Waals surface area contributed by atoms with Crippen molar-refractivity contribution in [3.05, 3.63) is 29.8 Å². The summed E-state index contributed by atoms with van der Waals surface area (Å²) in [6.07, 6.45) is 3.67. The summed E-state index contributed by atoms with van der Waals surface area (Å²) in [5.74, 6) is 5.42. The van der Waals surface area contributed by atoms with Crippen molar-refractivity contribution in [1.82, 2.24) is 10.3 Å². The summed E-state index contributed by atoms with van der Waals surface area (Å²) in [5.41, 5.74) is 2.57.